The van der Waals surface area contributed by atoms with Crippen LogP contribution < -0.4 is 4.90 Å². The predicted molar refractivity (Wildman–Crippen MR) is 65.2 cm³/mol. The number of anilines is 1. The lowest BCUT2D eigenvalue weighted by Gasteiger charge is -2.25. The lowest BCUT2D eigenvalue weighted by molar-refractivity contribution is 0.0820. The summed E-state index contributed by atoms with van der Waals surface area (Å²) in [4.78, 5) is 10.2. The fraction of sp³-hybridized carbons (Fsp3) is 0.636. The number of nitrogens with zero attached hydrogens (tertiary/aromatic N) is 3. The molecule has 1 aliphatic heterocycles. The molecule has 0 radical (unpaired) electrons. The summed E-state index contributed by atoms with van der Waals surface area (Å²) in [6, 6.07) is 0. The number of hydrogen-bond acceptors (Lipinski definition) is 5. The first kappa shape index (κ1) is 12.5. The van der Waals surface area contributed by atoms with Crippen molar-refractivity contribution >= 4 is 17.4 Å². The van der Waals surface area contributed by atoms with E-state index in [0.717, 1.165) is 26.1 Å². The minimum Gasteiger partial charge on any atom is -0.391 e. The summed E-state index contributed by atoms with van der Waals surface area (Å²) in [5.74, 6) is 0.713. The van der Waals surface area contributed by atoms with Crippen LogP contribution in [0.2, 0.25) is 5.15 Å². The normalized spacial score (nSPS) is 21.4. The van der Waals surface area contributed by atoms with E-state index in [1.54, 1.807) is 0 Å². The Morgan fingerprint density at radius 3 is 3.18 bits per heavy atom. The molecule has 1 N–H and O–H groups in total. The number of aliphatic hydroxyl groups excluding tert-OH is 1. The van der Waals surface area contributed by atoms with Gasteiger partial charge in [0.1, 0.15) is 17.3 Å². The van der Waals surface area contributed by atoms with Crippen molar-refractivity contribution in [2.24, 2.45) is 0 Å². The average molecular weight is 258 g/mol. The Bertz CT molecular complexity index is 389. The van der Waals surface area contributed by atoms with E-state index < -0.39 is 0 Å². The first-order valence-corrected chi connectivity index (χ1v) is 6.07. The van der Waals surface area contributed by atoms with E-state index in [-0.39, 0.29) is 12.7 Å². The van der Waals surface area contributed by atoms with Crippen LogP contribution in [0.3, 0.4) is 0 Å². The Kier molecular flexibility index (Phi) is 4.15. The third-order valence-corrected chi connectivity index (χ3v) is 3.11. The molecule has 1 saturated heterocycles. The highest BCUT2D eigenvalue weighted by Crippen LogP contribution is 2.24. The molecule has 0 bridgehead atoms. The van der Waals surface area contributed by atoms with Crippen LogP contribution in [-0.4, -0.2) is 40.9 Å². The Hall–Kier alpha value is -0.910. The summed E-state index contributed by atoms with van der Waals surface area (Å²) in [7, 11) is 0. The van der Waals surface area contributed by atoms with Gasteiger partial charge >= 0.3 is 0 Å². The highest BCUT2D eigenvalue weighted by atomic mass is 35.5. The summed E-state index contributed by atoms with van der Waals surface area (Å²) < 4.78 is 5.58. The van der Waals surface area contributed by atoms with Crippen molar-refractivity contribution in [3.05, 3.63) is 17.0 Å². The molecule has 1 aliphatic rings. The zero-order valence-corrected chi connectivity index (χ0v) is 10.5. The van der Waals surface area contributed by atoms with Crippen LogP contribution in [-0.2, 0) is 11.3 Å². The third-order valence-electron chi connectivity index (χ3n) is 2.78. The van der Waals surface area contributed by atoms with Gasteiger partial charge in [-0.25, -0.2) is 9.97 Å². The molecule has 94 valence electrons. The maximum Gasteiger partial charge on any atom is 0.140 e. The fourth-order valence-electron chi connectivity index (χ4n) is 1.98. The Morgan fingerprint density at radius 1 is 1.59 bits per heavy atom. The summed E-state index contributed by atoms with van der Waals surface area (Å²) in [5.41, 5.74) is 0.586. The Balaban J connectivity index is 2.28. The molecule has 17 heavy (non-hydrogen) atoms. The molecule has 0 aromatic carbocycles. The van der Waals surface area contributed by atoms with Gasteiger partial charge in [-0.1, -0.05) is 11.6 Å². The summed E-state index contributed by atoms with van der Waals surface area (Å²) >= 11 is 5.96. The molecule has 1 unspecified atom stereocenters. The second kappa shape index (κ2) is 5.62. The van der Waals surface area contributed by atoms with E-state index in [1.165, 1.54) is 6.33 Å². The van der Waals surface area contributed by atoms with E-state index >= 15 is 0 Å². The largest absolute Gasteiger partial charge is 0.391 e. The minimum atomic E-state index is -0.152. The van der Waals surface area contributed by atoms with Crippen molar-refractivity contribution in [2.45, 2.75) is 26.1 Å². The molecule has 1 aromatic heterocycles. The van der Waals surface area contributed by atoms with E-state index in [4.69, 9.17) is 16.3 Å². The van der Waals surface area contributed by atoms with Crippen LogP contribution in [0, 0.1) is 0 Å². The van der Waals surface area contributed by atoms with Gasteiger partial charge in [-0.3, -0.25) is 0 Å². The van der Waals surface area contributed by atoms with Gasteiger partial charge in [0.15, 0.2) is 0 Å². The van der Waals surface area contributed by atoms with Crippen molar-refractivity contribution in [3.63, 3.8) is 0 Å². The van der Waals surface area contributed by atoms with Crippen molar-refractivity contribution in [1.82, 2.24) is 9.97 Å². The van der Waals surface area contributed by atoms with Crippen molar-refractivity contribution in [2.75, 3.05) is 24.6 Å². The average Bonchev–Trinajstić information content (AvgIpc) is 2.53. The van der Waals surface area contributed by atoms with Gasteiger partial charge in [-0.15, -0.1) is 0 Å². The molecule has 1 atom stereocenters. The van der Waals surface area contributed by atoms with E-state index in [2.05, 4.69) is 14.9 Å². The van der Waals surface area contributed by atoms with Gasteiger partial charge < -0.3 is 14.7 Å². The number of hydrogen-bond donors (Lipinski definition) is 1. The number of ether oxygens (including phenoxy) is 1. The molecule has 1 fully saturated rings. The van der Waals surface area contributed by atoms with E-state index in [1.807, 2.05) is 6.92 Å². The molecule has 2 rings (SSSR count). The molecule has 0 amide bonds. The van der Waals surface area contributed by atoms with Gasteiger partial charge in [0.05, 0.1) is 18.3 Å². The second-order valence-corrected chi connectivity index (χ2v) is 4.46. The van der Waals surface area contributed by atoms with Crippen LogP contribution in [0.15, 0.2) is 6.33 Å². The standard InChI is InChI=1S/C11H16ClN3O2/c1-8-5-15(3-2-4-17-8)11-9(6-16)10(12)13-7-14-11/h7-8,16H,2-6H2,1H3. The fourth-order valence-corrected chi connectivity index (χ4v) is 2.17. The van der Waals surface area contributed by atoms with Gasteiger partial charge in [-0.2, -0.15) is 0 Å². The first-order chi connectivity index (χ1) is 8.22. The number of rotatable bonds is 2. The van der Waals surface area contributed by atoms with Crippen LogP contribution in [0.25, 0.3) is 0 Å². The highest BCUT2D eigenvalue weighted by Gasteiger charge is 2.20. The zero-order chi connectivity index (χ0) is 12.3. The summed E-state index contributed by atoms with van der Waals surface area (Å²) in [5, 5.41) is 9.66. The Labute approximate surface area is 105 Å². The molecule has 5 nitrogen and oxygen atoms in total. The monoisotopic (exact) mass is 257 g/mol. The second-order valence-electron chi connectivity index (χ2n) is 4.11. The van der Waals surface area contributed by atoms with Crippen molar-refractivity contribution < 1.29 is 9.84 Å². The van der Waals surface area contributed by atoms with E-state index in [0.29, 0.717) is 16.5 Å². The molecule has 6 heteroatoms. The molecule has 1 aromatic rings. The number of aromatic nitrogens is 2. The van der Waals surface area contributed by atoms with Crippen molar-refractivity contribution in [1.29, 1.82) is 0 Å². The van der Waals surface area contributed by atoms with Crippen molar-refractivity contribution in [3.8, 4) is 0 Å². The molecule has 0 spiro atoms. The van der Waals surface area contributed by atoms with Gasteiger partial charge in [0.2, 0.25) is 0 Å². The van der Waals surface area contributed by atoms with Gasteiger partial charge in [-0.05, 0) is 13.3 Å². The number of halogens is 1. The summed E-state index contributed by atoms with van der Waals surface area (Å²) in [6.45, 7) is 4.23. The quantitative estimate of drug-likeness (QED) is 0.808. The molecular formula is C11H16ClN3O2. The maximum atomic E-state index is 9.34. The minimum absolute atomic E-state index is 0.151. The third kappa shape index (κ3) is 2.86. The molecule has 2 heterocycles. The lowest BCUT2D eigenvalue weighted by atomic mass is 10.2. The van der Waals surface area contributed by atoms with Crippen LogP contribution in [0.4, 0.5) is 5.82 Å². The van der Waals surface area contributed by atoms with Crippen LogP contribution in [0.5, 0.6) is 0 Å². The Morgan fingerprint density at radius 2 is 2.41 bits per heavy atom. The topological polar surface area (TPSA) is 58.5 Å². The smallest absolute Gasteiger partial charge is 0.140 e. The molecule has 0 aliphatic carbocycles. The molecule has 0 saturated carbocycles. The van der Waals surface area contributed by atoms with Gasteiger partial charge in [0, 0.05) is 19.7 Å². The van der Waals surface area contributed by atoms with Crippen LogP contribution in [0.1, 0.15) is 18.9 Å². The maximum absolute atomic E-state index is 9.34. The summed E-state index contributed by atoms with van der Waals surface area (Å²) in [6.07, 6.45) is 2.52. The SMILES string of the molecule is CC1CN(c2ncnc(Cl)c2CO)CCCO1. The highest BCUT2D eigenvalue weighted by molar-refractivity contribution is 6.30. The van der Waals surface area contributed by atoms with E-state index in [9.17, 15) is 5.11 Å². The first-order valence-electron chi connectivity index (χ1n) is 5.69. The predicted octanol–water partition coefficient (Wildman–Crippen LogP) is 1.24. The number of aliphatic hydroxyl groups is 1. The zero-order valence-electron chi connectivity index (χ0n) is 9.77. The lowest BCUT2D eigenvalue weighted by Crippen LogP contribution is -2.31. The molecular weight excluding hydrogens is 242 g/mol. The van der Waals surface area contributed by atoms with Gasteiger partial charge in [0.25, 0.3) is 0 Å². The van der Waals surface area contributed by atoms with Crippen LogP contribution >= 0.6 is 11.6 Å².